The van der Waals surface area contributed by atoms with Crippen molar-refractivity contribution in [1.29, 1.82) is 0 Å². The minimum atomic E-state index is 0.536. The van der Waals surface area contributed by atoms with Crippen LogP contribution in [0.25, 0.3) is 0 Å². The standard InChI is InChI=1S/C10H21NO/c1-3-7-12-10-6-5-9(8-10)11-4-2/h9-11H,3-8H2,1-2H3. The molecule has 1 fully saturated rings. The molecule has 1 saturated carbocycles. The van der Waals surface area contributed by atoms with Crippen molar-refractivity contribution in [1.82, 2.24) is 5.32 Å². The van der Waals surface area contributed by atoms with Crippen molar-refractivity contribution in [3.8, 4) is 0 Å². The number of hydrogen-bond donors (Lipinski definition) is 1. The van der Waals surface area contributed by atoms with Gasteiger partial charge < -0.3 is 10.1 Å². The van der Waals surface area contributed by atoms with E-state index in [9.17, 15) is 0 Å². The fourth-order valence-electron chi connectivity index (χ4n) is 1.85. The topological polar surface area (TPSA) is 21.3 Å². The fourth-order valence-corrected chi connectivity index (χ4v) is 1.85. The van der Waals surface area contributed by atoms with Crippen LogP contribution in [0.2, 0.25) is 0 Å². The highest BCUT2D eigenvalue weighted by molar-refractivity contribution is 4.80. The van der Waals surface area contributed by atoms with E-state index in [1.165, 1.54) is 19.3 Å². The Morgan fingerprint density at radius 2 is 2.17 bits per heavy atom. The molecule has 2 nitrogen and oxygen atoms in total. The molecule has 0 bridgehead atoms. The normalized spacial score (nSPS) is 29.5. The Labute approximate surface area is 75.7 Å². The van der Waals surface area contributed by atoms with E-state index in [-0.39, 0.29) is 0 Å². The highest BCUT2D eigenvalue weighted by atomic mass is 16.5. The molecule has 0 radical (unpaired) electrons. The predicted molar refractivity (Wildman–Crippen MR) is 51.3 cm³/mol. The summed E-state index contributed by atoms with van der Waals surface area (Å²) >= 11 is 0. The van der Waals surface area contributed by atoms with Gasteiger partial charge in [0.2, 0.25) is 0 Å². The first-order chi connectivity index (χ1) is 5.86. The zero-order valence-electron chi connectivity index (χ0n) is 8.31. The molecule has 0 amide bonds. The third-order valence-electron chi connectivity index (χ3n) is 2.43. The molecule has 2 unspecified atom stereocenters. The first-order valence-corrected chi connectivity index (χ1v) is 5.21. The molecule has 0 aromatic carbocycles. The van der Waals surface area contributed by atoms with Crippen molar-refractivity contribution in [2.45, 2.75) is 51.7 Å². The molecule has 1 aliphatic carbocycles. The summed E-state index contributed by atoms with van der Waals surface area (Å²) < 4.78 is 5.69. The van der Waals surface area contributed by atoms with Gasteiger partial charge in [-0.1, -0.05) is 13.8 Å². The van der Waals surface area contributed by atoms with Crippen LogP contribution >= 0.6 is 0 Å². The average molecular weight is 171 g/mol. The average Bonchev–Trinajstić information content (AvgIpc) is 2.50. The van der Waals surface area contributed by atoms with E-state index in [1.807, 2.05) is 0 Å². The Morgan fingerprint density at radius 3 is 2.83 bits per heavy atom. The zero-order chi connectivity index (χ0) is 8.81. The van der Waals surface area contributed by atoms with Gasteiger partial charge in [0.15, 0.2) is 0 Å². The second kappa shape index (κ2) is 5.55. The summed E-state index contributed by atoms with van der Waals surface area (Å²) in [5, 5.41) is 3.47. The van der Waals surface area contributed by atoms with E-state index < -0.39 is 0 Å². The van der Waals surface area contributed by atoms with Crippen LogP contribution < -0.4 is 5.32 Å². The van der Waals surface area contributed by atoms with Crippen LogP contribution in [0, 0.1) is 0 Å². The van der Waals surface area contributed by atoms with Gasteiger partial charge >= 0.3 is 0 Å². The van der Waals surface area contributed by atoms with Crippen LogP contribution in [-0.4, -0.2) is 25.3 Å². The molecule has 0 aromatic heterocycles. The van der Waals surface area contributed by atoms with Crippen LogP contribution in [0.15, 0.2) is 0 Å². The fraction of sp³-hybridized carbons (Fsp3) is 1.00. The summed E-state index contributed by atoms with van der Waals surface area (Å²) in [6.45, 7) is 6.35. The third-order valence-corrected chi connectivity index (χ3v) is 2.43. The van der Waals surface area contributed by atoms with E-state index in [4.69, 9.17) is 4.74 Å². The van der Waals surface area contributed by atoms with Gasteiger partial charge in [0.05, 0.1) is 6.10 Å². The largest absolute Gasteiger partial charge is 0.378 e. The second-order valence-electron chi connectivity index (χ2n) is 3.56. The van der Waals surface area contributed by atoms with E-state index >= 15 is 0 Å². The first-order valence-electron chi connectivity index (χ1n) is 5.21. The van der Waals surface area contributed by atoms with Crippen LogP contribution in [0.1, 0.15) is 39.5 Å². The molecular formula is C10H21NO. The molecule has 0 heterocycles. The molecule has 1 N–H and O–H groups in total. The summed E-state index contributed by atoms with van der Waals surface area (Å²) in [7, 11) is 0. The van der Waals surface area contributed by atoms with Gasteiger partial charge in [0.25, 0.3) is 0 Å². The second-order valence-corrected chi connectivity index (χ2v) is 3.56. The Balaban J connectivity index is 2.08. The van der Waals surface area contributed by atoms with Crippen LogP contribution in [-0.2, 0) is 4.74 Å². The smallest absolute Gasteiger partial charge is 0.0590 e. The van der Waals surface area contributed by atoms with E-state index in [0.717, 1.165) is 25.6 Å². The van der Waals surface area contributed by atoms with Crippen molar-refractivity contribution < 1.29 is 4.74 Å². The Hall–Kier alpha value is -0.0800. The lowest BCUT2D eigenvalue weighted by atomic mass is 10.2. The minimum Gasteiger partial charge on any atom is -0.378 e. The van der Waals surface area contributed by atoms with Crippen LogP contribution in [0.4, 0.5) is 0 Å². The molecule has 12 heavy (non-hydrogen) atoms. The highest BCUT2D eigenvalue weighted by Gasteiger charge is 2.23. The zero-order valence-corrected chi connectivity index (χ0v) is 8.31. The highest BCUT2D eigenvalue weighted by Crippen LogP contribution is 2.21. The SMILES string of the molecule is CCCOC1CCC(NCC)C1. The van der Waals surface area contributed by atoms with Crippen molar-refractivity contribution in [2.75, 3.05) is 13.2 Å². The monoisotopic (exact) mass is 171 g/mol. The van der Waals surface area contributed by atoms with Gasteiger partial charge in [-0.2, -0.15) is 0 Å². The molecule has 0 aromatic rings. The quantitative estimate of drug-likeness (QED) is 0.682. The molecule has 2 heteroatoms. The number of hydrogen-bond acceptors (Lipinski definition) is 2. The van der Waals surface area contributed by atoms with E-state index in [1.54, 1.807) is 0 Å². The maximum absolute atomic E-state index is 5.69. The summed E-state index contributed by atoms with van der Waals surface area (Å²) in [5.41, 5.74) is 0. The number of nitrogens with one attached hydrogen (secondary N) is 1. The van der Waals surface area contributed by atoms with Crippen molar-refractivity contribution in [3.05, 3.63) is 0 Å². The summed E-state index contributed by atoms with van der Waals surface area (Å²) in [6, 6.07) is 0.719. The minimum absolute atomic E-state index is 0.536. The lowest BCUT2D eigenvalue weighted by Gasteiger charge is -2.12. The van der Waals surface area contributed by atoms with Gasteiger partial charge in [-0.15, -0.1) is 0 Å². The van der Waals surface area contributed by atoms with Gasteiger partial charge in [-0.25, -0.2) is 0 Å². The van der Waals surface area contributed by atoms with E-state index in [0.29, 0.717) is 6.10 Å². The molecule has 1 rings (SSSR count). The first kappa shape index (κ1) is 10.0. The number of rotatable bonds is 5. The van der Waals surface area contributed by atoms with Gasteiger partial charge in [0.1, 0.15) is 0 Å². The maximum atomic E-state index is 5.69. The summed E-state index contributed by atoms with van der Waals surface area (Å²) in [5.74, 6) is 0. The number of ether oxygens (including phenoxy) is 1. The van der Waals surface area contributed by atoms with Gasteiger partial charge in [0, 0.05) is 12.6 Å². The Kier molecular flexibility index (Phi) is 4.62. The van der Waals surface area contributed by atoms with Gasteiger partial charge in [-0.3, -0.25) is 0 Å². The molecular weight excluding hydrogens is 150 g/mol. The Bertz CT molecular complexity index is 116. The maximum Gasteiger partial charge on any atom is 0.0590 e. The van der Waals surface area contributed by atoms with E-state index in [2.05, 4.69) is 19.2 Å². The molecule has 0 spiro atoms. The van der Waals surface area contributed by atoms with Crippen molar-refractivity contribution >= 4 is 0 Å². The summed E-state index contributed by atoms with van der Waals surface area (Å²) in [6.07, 6.45) is 5.44. The summed E-state index contributed by atoms with van der Waals surface area (Å²) in [4.78, 5) is 0. The molecule has 0 aliphatic heterocycles. The van der Waals surface area contributed by atoms with Crippen molar-refractivity contribution in [3.63, 3.8) is 0 Å². The molecule has 72 valence electrons. The molecule has 0 saturated heterocycles. The van der Waals surface area contributed by atoms with Crippen molar-refractivity contribution in [2.24, 2.45) is 0 Å². The molecule has 2 atom stereocenters. The predicted octanol–water partition coefficient (Wildman–Crippen LogP) is 1.94. The van der Waals surface area contributed by atoms with Crippen LogP contribution in [0.5, 0.6) is 0 Å². The van der Waals surface area contributed by atoms with Crippen LogP contribution in [0.3, 0.4) is 0 Å². The van der Waals surface area contributed by atoms with Gasteiger partial charge in [-0.05, 0) is 32.2 Å². The lowest BCUT2D eigenvalue weighted by molar-refractivity contribution is 0.0573. The lowest BCUT2D eigenvalue weighted by Crippen LogP contribution is -2.26. The third kappa shape index (κ3) is 3.11. The molecule has 1 aliphatic rings. The Morgan fingerprint density at radius 1 is 1.33 bits per heavy atom.